The predicted octanol–water partition coefficient (Wildman–Crippen LogP) is 4.12. The van der Waals surface area contributed by atoms with Crippen LogP contribution < -0.4 is 11.1 Å². The number of nitrogens with one attached hydrogen (secondary N) is 1. The van der Waals surface area contributed by atoms with Crippen LogP contribution in [0.15, 0.2) is 61.1 Å². The lowest BCUT2D eigenvalue weighted by Gasteiger charge is -2.23. The van der Waals surface area contributed by atoms with Gasteiger partial charge >= 0.3 is 0 Å². The fourth-order valence-corrected chi connectivity index (χ4v) is 4.84. The lowest BCUT2D eigenvalue weighted by Crippen LogP contribution is -2.33. The SMILES string of the molecule is C[C@]1(c2ccc(O)c(Cl)c2)C(=O)Nc2nc(-c3cn4ccnc4c(Cc4ccccc4F)n3)nc(N)c21. The van der Waals surface area contributed by atoms with E-state index in [0.717, 1.165) is 0 Å². The van der Waals surface area contributed by atoms with E-state index in [1.807, 2.05) is 0 Å². The van der Waals surface area contributed by atoms with Gasteiger partial charge in [0.2, 0.25) is 5.91 Å². The summed E-state index contributed by atoms with van der Waals surface area (Å²) in [5, 5.41) is 12.7. The molecule has 184 valence electrons. The van der Waals surface area contributed by atoms with E-state index < -0.39 is 5.41 Å². The summed E-state index contributed by atoms with van der Waals surface area (Å²) in [6.07, 6.45) is 5.27. The number of nitrogen functional groups attached to an aromatic ring is 1. The van der Waals surface area contributed by atoms with Crippen molar-refractivity contribution < 1.29 is 14.3 Å². The predicted molar refractivity (Wildman–Crippen MR) is 136 cm³/mol. The van der Waals surface area contributed by atoms with E-state index in [9.17, 15) is 14.3 Å². The molecule has 0 fully saturated rings. The lowest BCUT2D eigenvalue weighted by atomic mass is 9.77. The number of imidazole rings is 1. The van der Waals surface area contributed by atoms with Gasteiger partial charge in [0.05, 0.1) is 16.3 Å². The zero-order chi connectivity index (χ0) is 25.9. The van der Waals surface area contributed by atoms with Gasteiger partial charge in [-0.05, 0) is 36.2 Å². The number of hydrogen-bond donors (Lipinski definition) is 3. The number of rotatable bonds is 4. The van der Waals surface area contributed by atoms with Crippen LogP contribution in [0.2, 0.25) is 5.02 Å². The molecule has 4 N–H and O–H groups in total. The molecular formula is C26H19ClFN7O2. The zero-order valence-corrected chi connectivity index (χ0v) is 20.2. The number of hydrogen-bond acceptors (Lipinski definition) is 7. The molecule has 0 saturated carbocycles. The maximum absolute atomic E-state index is 14.4. The van der Waals surface area contributed by atoms with Gasteiger partial charge in [0.15, 0.2) is 11.5 Å². The topological polar surface area (TPSA) is 131 Å². The maximum atomic E-state index is 14.4. The minimum atomic E-state index is -1.23. The van der Waals surface area contributed by atoms with E-state index in [4.69, 9.17) is 22.3 Å². The van der Waals surface area contributed by atoms with Gasteiger partial charge in [-0.15, -0.1) is 0 Å². The van der Waals surface area contributed by atoms with Crippen molar-refractivity contribution in [3.05, 3.63) is 94.3 Å². The number of amides is 1. The van der Waals surface area contributed by atoms with Crippen LogP contribution in [0.25, 0.3) is 17.2 Å². The number of carbonyl (C=O) groups excluding carboxylic acids is 1. The molecule has 1 aliphatic heterocycles. The van der Waals surface area contributed by atoms with Crippen molar-refractivity contribution in [1.82, 2.24) is 24.3 Å². The number of halogens is 2. The first-order valence-electron chi connectivity index (χ1n) is 11.3. The summed E-state index contributed by atoms with van der Waals surface area (Å²) in [5.74, 6) is -0.265. The molecule has 3 aromatic heterocycles. The standard InChI is InChI=1S/C26H19ClFN7O2/c1-26(14-6-7-19(36)15(27)11-14)20-21(29)32-22(33-23(20)34-25(26)37)18-12-35-9-8-30-24(35)17(31-18)10-13-4-2-3-5-16(13)28/h2-9,11-12,36H,10H2,1H3,(H3,29,32,33,34,37)/t26-/m1/s1. The van der Waals surface area contributed by atoms with Gasteiger partial charge in [0.25, 0.3) is 0 Å². The third-order valence-electron chi connectivity index (χ3n) is 6.64. The Kier molecular flexibility index (Phi) is 5.09. The van der Waals surface area contributed by atoms with Gasteiger partial charge in [-0.1, -0.05) is 35.9 Å². The highest BCUT2D eigenvalue weighted by Crippen LogP contribution is 2.46. The zero-order valence-electron chi connectivity index (χ0n) is 19.4. The number of benzene rings is 2. The highest BCUT2D eigenvalue weighted by molar-refractivity contribution is 6.32. The molecule has 4 heterocycles. The van der Waals surface area contributed by atoms with Crippen LogP contribution in [0.1, 0.15) is 29.3 Å². The lowest BCUT2D eigenvalue weighted by molar-refractivity contribution is -0.119. The third kappa shape index (κ3) is 3.56. The Labute approximate surface area is 214 Å². The second-order valence-corrected chi connectivity index (χ2v) is 9.31. The van der Waals surface area contributed by atoms with Crippen LogP contribution in [0, 0.1) is 5.82 Å². The molecule has 37 heavy (non-hydrogen) atoms. The Morgan fingerprint density at radius 2 is 2.00 bits per heavy atom. The van der Waals surface area contributed by atoms with Crippen LogP contribution in [-0.4, -0.2) is 35.4 Å². The van der Waals surface area contributed by atoms with Crippen molar-refractivity contribution in [1.29, 1.82) is 0 Å². The largest absolute Gasteiger partial charge is 0.506 e. The van der Waals surface area contributed by atoms with Gasteiger partial charge in [0.1, 0.15) is 34.3 Å². The smallest absolute Gasteiger partial charge is 0.240 e. The van der Waals surface area contributed by atoms with Crippen molar-refractivity contribution in [3.8, 4) is 17.3 Å². The summed E-state index contributed by atoms with van der Waals surface area (Å²) in [6, 6.07) is 11.0. The molecule has 6 rings (SSSR count). The van der Waals surface area contributed by atoms with Crippen molar-refractivity contribution in [2.24, 2.45) is 0 Å². The summed E-state index contributed by atoms with van der Waals surface area (Å²) in [6.45, 7) is 1.69. The summed E-state index contributed by atoms with van der Waals surface area (Å²) < 4.78 is 16.1. The molecule has 2 aromatic carbocycles. The Hall–Kier alpha value is -4.57. The number of fused-ring (bicyclic) bond motifs is 2. The quantitative estimate of drug-likeness (QED) is 0.328. The van der Waals surface area contributed by atoms with Crippen molar-refractivity contribution >= 4 is 34.8 Å². The number of anilines is 2. The molecule has 0 radical (unpaired) electrons. The van der Waals surface area contributed by atoms with Gasteiger partial charge < -0.3 is 20.6 Å². The minimum absolute atomic E-state index is 0.0910. The average Bonchev–Trinajstić information content (AvgIpc) is 3.45. The molecule has 9 nitrogen and oxygen atoms in total. The van der Waals surface area contributed by atoms with E-state index >= 15 is 0 Å². The highest BCUT2D eigenvalue weighted by Gasteiger charge is 2.47. The molecule has 0 aliphatic carbocycles. The number of nitrogens with two attached hydrogens (primary N) is 1. The fourth-order valence-electron chi connectivity index (χ4n) is 4.66. The van der Waals surface area contributed by atoms with Crippen LogP contribution in [0.3, 0.4) is 0 Å². The first-order chi connectivity index (χ1) is 17.8. The van der Waals surface area contributed by atoms with Crippen LogP contribution >= 0.6 is 11.6 Å². The molecule has 0 bridgehead atoms. The number of phenols is 1. The van der Waals surface area contributed by atoms with Crippen molar-refractivity contribution in [2.45, 2.75) is 18.8 Å². The number of nitrogens with zero attached hydrogens (tertiary/aromatic N) is 5. The molecule has 11 heteroatoms. The second-order valence-electron chi connectivity index (χ2n) is 8.90. The summed E-state index contributed by atoms with van der Waals surface area (Å²) in [7, 11) is 0. The number of phenolic OH excluding ortho intramolecular Hbond substituents is 1. The molecule has 1 amide bonds. The first kappa shape index (κ1) is 22.9. The van der Waals surface area contributed by atoms with Gasteiger partial charge in [-0.25, -0.2) is 24.3 Å². The van der Waals surface area contributed by atoms with Crippen LogP contribution in [0.5, 0.6) is 5.75 Å². The molecule has 0 saturated heterocycles. The number of aromatic hydroxyl groups is 1. The van der Waals surface area contributed by atoms with Gasteiger partial charge in [-0.3, -0.25) is 4.79 Å². The molecular weight excluding hydrogens is 497 g/mol. The van der Waals surface area contributed by atoms with Gasteiger partial charge in [-0.2, -0.15) is 0 Å². The average molecular weight is 516 g/mol. The Bertz CT molecular complexity index is 1740. The summed E-state index contributed by atoms with van der Waals surface area (Å²) in [4.78, 5) is 31.3. The van der Waals surface area contributed by atoms with Crippen LogP contribution in [0.4, 0.5) is 16.0 Å². The first-order valence-corrected chi connectivity index (χ1v) is 11.7. The third-order valence-corrected chi connectivity index (χ3v) is 6.94. The molecule has 1 atom stereocenters. The Morgan fingerprint density at radius 1 is 1.19 bits per heavy atom. The summed E-state index contributed by atoms with van der Waals surface area (Å²) in [5.41, 5.74) is 8.06. The van der Waals surface area contributed by atoms with Gasteiger partial charge in [0, 0.05) is 25.0 Å². The minimum Gasteiger partial charge on any atom is -0.506 e. The van der Waals surface area contributed by atoms with Crippen molar-refractivity contribution in [2.75, 3.05) is 11.1 Å². The van der Waals surface area contributed by atoms with Crippen LogP contribution in [-0.2, 0) is 16.6 Å². The number of aromatic nitrogens is 5. The van der Waals surface area contributed by atoms with E-state index in [1.54, 1.807) is 54.2 Å². The number of carbonyl (C=O) groups is 1. The molecule has 1 aliphatic rings. The summed E-state index contributed by atoms with van der Waals surface area (Å²) >= 11 is 6.11. The monoisotopic (exact) mass is 515 g/mol. The Morgan fingerprint density at radius 3 is 2.78 bits per heavy atom. The van der Waals surface area contributed by atoms with E-state index in [-0.39, 0.29) is 46.4 Å². The molecule has 0 unspecified atom stereocenters. The normalized spacial score (nSPS) is 16.7. The van der Waals surface area contributed by atoms with E-state index in [0.29, 0.717) is 33.7 Å². The fraction of sp³-hybridized carbons (Fsp3) is 0.115. The van der Waals surface area contributed by atoms with E-state index in [1.165, 1.54) is 18.2 Å². The second kappa shape index (κ2) is 8.24. The van der Waals surface area contributed by atoms with E-state index in [2.05, 4.69) is 20.3 Å². The molecule has 5 aromatic rings. The molecule has 0 spiro atoms. The Balaban J connectivity index is 1.47. The van der Waals surface area contributed by atoms with Crippen molar-refractivity contribution in [3.63, 3.8) is 0 Å². The maximum Gasteiger partial charge on any atom is 0.240 e. The highest BCUT2D eigenvalue weighted by atomic mass is 35.5.